The van der Waals surface area contributed by atoms with E-state index in [0.29, 0.717) is 16.7 Å². The number of nitrogens with zero attached hydrogens (tertiary/aromatic N) is 1. The highest BCUT2D eigenvalue weighted by atomic mass is 19.3. The Morgan fingerprint density at radius 2 is 1.76 bits per heavy atom. The first-order chi connectivity index (χ1) is 13.7. The zero-order valence-corrected chi connectivity index (χ0v) is 17.2. The number of nitrogens with one attached hydrogen (secondary N) is 3. The van der Waals surface area contributed by atoms with Gasteiger partial charge in [0, 0.05) is 32.1 Å². The van der Waals surface area contributed by atoms with Crippen LogP contribution >= 0.6 is 0 Å². The molecule has 1 aromatic carbocycles. The molecule has 10 heteroatoms. The Balaban J connectivity index is 0.000000269. The molecule has 3 N–H and O–H groups in total. The Hall–Kier alpha value is -3.17. The number of hydrogen-bond donors (Lipinski definition) is 3. The van der Waals surface area contributed by atoms with Crippen LogP contribution in [-0.2, 0) is 9.59 Å². The number of carbonyl (C=O) groups excluding carboxylic acids is 2. The van der Waals surface area contributed by atoms with Gasteiger partial charge < -0.3 is 25.1 Å². The van der Waals surface area contributed by atoms with Crippen molar-refractivity contribution in [2.24, 2.45) is 5.92 Å². The highest BCUT2D eigenvalue weighted by molar-refractivity contribution is 5.93. The van der Waals surface area contributed by atoms with Crippen LogP contribution < -0.4 is 20.1 Å². The molecule has 0 fully saturated rings. The van der Waals surface area contributed by atoms with E-state index in [9.17, 15) is 18.4 Å². The Kier molecular flexibility index (Phi) is 8.56. The summed E-state index contributed by atoms with van der Waals surface area (Å²) in [5.74, 6) is -0.381. The molecule has 160 valence electrons. The van der Waals surface area contributed by atoms with Crippen molar-refractivity contribution in [1.29, 1.82) is 0 Å². The van der Waals surface area contributed by atoms with E-state index in [2.05, 4.69) is 30.1 Å². The molecule has 3 rings (SSSR count). The maximum atomic E-state index is 12.6. The normalized spacial score (nSPS) is 14.7. The molecule has 1 aromatic heterocycles. The molecular formula is C19H26F2N4O4. The van der Waals surface area contributed by atoms with E-state index in [1.807, 2.05) is 13.8 Å². The van der Waals surface area contributed by atoms with Gasteiger partial charge in [-0.2, -0.15) is 0 Å². The average molecular weight is 412 g/mol. The van der Waals surface area contributed by atoms with Crippen LogP contribution in [0.5, 0.6) is 11.5 Å². The van der Waals surface area contributed by atoms with Crippen LogP contribution in [0.1, 0.15) is 27.7 Å². The number of ether oxygens (including phenoxy) is 2. The first-order valence-electron chi connectivity index (χ1n) is 9.02. The van der Waals surface area contributed by atoms with Gasteiger partial charge in [-0.05, 0) is 13.0 Å². The van der Waals surface area contributed by atoms with Gasteiger partial charge in [-0.25, -0.2) is 4.98 Å². The summed E-state index contributed by atoms with van der Waals surface area (Å²) in [6.45, 7) is 7.25. The summed E-state index contributed by atoms with van der Waals surface area (Å²) in [5, 5.41) is 5.21. The lowest BCUT2D eigenvalue weighted by Gasteiger charge is -2.07. The van der Waals surface area contributed by atoms with Gasteiger partial charge in [-0.1, -0.05) is 20.8 Å². The van der Waals surface area contributed by atoms with Gasteiger partial charge >= 0.3 is 6.29 Å². The van der Waals surface area contributed by atoms with E-state index in [0.717, 1.165) is 0 Å². The van der Waals surface area contributed by atoms with Crippen molar-refractivity contribution in [3.8, 4) is 11.5 Å². The number of allylic oxidation sites excluding steroid dienone is 1. The van der Waals surface area contributed by atoms with Crippen LogP contribution in [-0.4, -0.2) is 42.0 Å². The number of benzene rings is 1. The number of ketones is 1. The molecule has 1 atom stereocenters. The molecule has 0 bridgehead atoms. The van der Waals surface area contributed by atoms with E-state index < -0.39 is 6.29 Å². The number of Topliss-reactive ketones (excluding diaryl/α,β-unsaturated/α-hetero) is 1. The summed E-state index contributed by atoms with van der Waals surface area (Å²) < 4.78 is 33.8. The lowest BCUT2D eigenvalue weighted by atomic mass is 10.1. The molecule has 0 radical (unpaired) electrons. The molecule has 1 aliphatic heterocycles. The number of imidazole rings is 1. The third-order valence-electron chi connectivity index (χ3n) is 3.74. The Morgan fingerprint density at radius 1 is 1.17 bits per heavy atom. The molecule has 0 saturated carbocycles. The second kappa shape index (κ2) is 10.4. The highest BCUT2D eigenvalue weighted by Crippen LogP contribution is 2.42. The molecule has 2 heterocycles. The van der Waals surface area contributed by atoms with Gasteiger partial charge in [0.25, 0.3) is 5.91 Å². The number of likely N-dealkylation sites (N-methyl/N-ethyl adjacent to an activating group) is 2. The van der Waals surface area contributed by atoms with Crippen LogP contribution in [0, 0.1) is 5.92 Å². The summed E-state index contributed by atoms with van der Waals surface area (Å²) in [4.78, 5) is 28.7. The Labute approximate surface area is 167 Å². The predicted molar refractivity (Wildman–Crippen MR) is 105 cm³/mol. The number of aromatic nitrogens is 2. The summed E-state index contributed by atoms with van der Waals surface area (Å²) in [6.07, 6.45) is -0.486. The summed E-state index contributed by atoms with van der Waals surface area (Å²) in [6, 6.07) is 2.83. The van der Waals surface area contributed by atoms with Gasteiger partial charge in [0.15, 0.2) is 11.5 Å². The van der Waals surface area contributed by atoms with E-state index in [-0.39, 0.29) is 29.1 Å². The van der Waals surface area contributed by atoms with Crippen LogP contribution in [0.3, 0.4) is 0 Å². The number of alkyl halides is 2. The van der Waals surface area contributed by atoms with Gasteiger partial charge in [0.05, 0.1) is 23.1 Å². The molecule has 29 heavy (non-hydrogen) atoms. The standard InChI is InChI=1S/C9H16N2O2.C8H4F2N2O2.C2H6/c1-6(7(2)12)5-8(10-3)9(13)11-4;9-8(10)13-6-1-4-5(12-3-11-4)2-7(6)14-8;1-2/h5-6,10H,1-4H3,(H,11,13);1-3H,(H,11,12);1-2H3/b8-5-;;. The lowest BCUT2D eigenvalue weighted by molar-refractivity contribution is -0.286. The molecule has 1 amide bonds. The number of fused-ring (bicyclic) bond motifs is 2. The molecular weight excluding hydrogens is 386 g/mol. The molecule has 0 aliphatic carbocycles. The number of halogens is 2. The molecule has 0 saturated heterocycles. The van der Waals surface area contributed by atoms with E-state index in [4.69, 9.17) is 0 Å². The minimum absolute atomic E-state index is 0.00889. The summed E-state index contributed by atoms with van der Waals surface area (Å²) in [7, 11) is 3.19. The van der Waals surface area contributed by atoms with E-state index in [1.165, 1.54) is 25.4 Å². The fraction of sp³-hybridized carbons (Fsp3) is 0.421. The van der Waals surface area contributed by atoms with Gasteiger partial charge in [-0.3, -0.25) is 9.59 Å². The smallest absolute Gasteiger partial charge is 0.395 e. The second-order valence-corrected chi connectivity index (χ2v) is 5.69. The van der Waals surface area contributed by atoms with Gasteiger partial charge in [-0.15, -0.1) is 8.78 Å². The van der Waals surface area contributed by atoms with Crippen LogP contribution in [0.25, 0.3) is 11.0 Å². The van der Waals surface area contributed by atoms with Gasteiger partial charge in [0.2, 0.25) is 0 Å². The quantitative estimate of drug-likeness (QED) is 0.667. The minimum Gasteiger partial charge on any atom is -0.395 e. The third-order valence-corrected chi connectivity index (χ3v) is 3.74. The summed E-state index contributed by atoms with van der Waals surface area (Å²) >= 11 is 0. The van der Waals surface area contributed by atoms with Crippen LogP contribution in [0.4, 0.5) is 8.78 Å². The second-order valence-electron chi connectivity index (χ2n) is 5.69. The maximum absolute atomic E-state index is 12.6. The third kappa shape index (κ3) is 6.44. The van der Waals surface area contributed by atoms with Crippen molar-refractivity contribution in [2.45, 2.75) is 34.0 Å². The number of rotatable bonds is 4. The summed E-state index contributed by atoms with van der Waals surface area (Å²) in [5.41, 5.74) is 1.61. The maximum Gasteiger partial charge on any atom is 0.586 e. The molecule has 8 nitrogen and oxygen atoms in total. The SMILES string of the molecule is CC.CNC(=O)/C(=C/C(C)C(C)=O)NC.FC1(F)Oc2cc3nc[nH]c3cc2O1. The molecule has 0 spiro atoms. The Bertz CT molecular complexity index is 838. The lowest BCUT2D eigenvalue weighted by Crippen LogP contribution is -2.28. The van der Waals surface area contributed by atoms with Crippen molar-refractivity contribution in [3.63, 3.8) is 0 Å². The van der Waals surface area contributed by atoms with Crippen LogP contribution in [0.2, 0.25) is 0 Å². The first kappa shape index (κ1) is 23.9. The topological polar surface area (TPSA) is 105 Å². The average Bonchev–Trinajstić information content (AvgIpc) is 3.26. The van der Waals surface area contributed by atoms with E-state index in [1.54, 1.807) is 27.1 Å². The van der Waals surface area contributed by atoms with Crippen LogP contribution in [0.15, 0.2) is 30.2 Å². The number of amides is 1. The number of hydrogen-bond acceptors (Lipinski definition) is 6. The molecule has 1 unspecified atom stereocenters. The molecule has 2 aromatic rings. The zero-order chi connectivity index (χ0) is 22.2. The minimum atomic E-state index is -3.57. The number of carbonyl (C=O) groups is 2. The van der Waals surface area contributed by atoms with Crippen molar-refractivity contribution in [1.82, 2.24) is 20.6 Å². The van der Waals surface area contributed by atoms with Crippen molar-refractivity contribution in [2.75, 3.05) is 14.1 Å². The number of aromatic amines is 1. The van der Waals surface area contributed by atoms with Crippen molar-refractivity contribution in [3.05, 3.63) is 30.2 Å². The largest absolute Gasteiger partial charge is 0.586 e. The monoisotopic (exact) mass is 412 g/mol. The Morgan fingerprint density at radius 3 is 2.28 bits per heavy atom. The fourth-order valence-corrected chi connectivity index (χ4v) is 2.15. The fourth-order valence-electron chi connectivity index (χ4n) is 2.15. The number of H-pyrrole nitrogens is 1. The van der Waals surface area contributed by atoms with Crippen molar-refractivity contribution < 1.29 is 27.8 Å². The van der Waals surface area contributed by atoms with E-state index >= 15 is 0 Å². The zero-order valence-electron chi connectivity index (χ0n) is 17.2. The molecule has 1 aliphatic rings. The predicted octanol–water partition coefficient (Wildman–Crippen LogP) is 2.97. The first-order valence-corrected chi connectivity index (χ1v) is 9.02. The van der Waals surface area contributed by atoms with Crippen molar-refractivity contribution >= 4 is 22.7 Å². The van der Waals surface area contributed by atoms with Gasteiger partial charge in [0.1, 0.15) is 5.78 Å². The highest BCUT2D eigenvalue weighted by Gasteiger charge is 2.43.